The van der Waals surface area contributed by atoms with E-state index in [-0.39, 0.29) is 16.7 Å². The maximum atomic E-state index is 12.7. The van der Waals surface area contributed by atoms with Crippen LogP contribution in [0.2, 0.25) is 5.02 Å². The van der Waals surface area contributed by atoms with Gasteiger partial charge in [-0.25, -0.2) is 0 Å². The summed E-state index contributed by atoms with van der Waals surface area (Å²) >= 11 is 5.93. The van der Waals surface area contributed by atoms with Gasteiger partial charge in [0.15, 0.2) is 0 Å². The second-order valence-corrected chi connectivity index (χ2v) is 7.04. The van der Waals surface area contributed by atoms with Crippen molar-refractivity contribution in [3.63, 3.8) is 0 Å². The molecular formula is C17H23ClN2O2. The number of carbonyl (C=O) groups is 1. The minimum atomic E-state index is 0.0122. The number of likely N-dealkylation sites (tertiary alicyclic amines) is 1. The number of phenols is 1. The first-order valence-corrected chi connectivity index (χ1v) is 8.40. The highest BCUT2D eigenvalue weighted by Crippen LogP contribution is 2.33. The highest BCUT2D eigenvalue weighted by Gasteiger charge is 2.39. The van der Waals surface area contributed by atoms with Crippen LogP contribution in [-0.2, 0) is 0 Å². The fourth-order valence-electron chi connectivity index (χ4n) is 3.96. The van der Waals surface area contributed by atoms with Crippen LogP contribution in [0, 0.1) is 0 Å². The van der Waals surface area contributed by atoms with Crippen molar-refractivity contribution in [1.82, 2.24) is 9.80 Å². The van der Waals surface area contributed by atoms with Gasteiger partial charge < -0.3 is 10.0 Å². The number of benzene rings is 1. The number of fused-ring (bicyclic) bond motifs is 2. The Hall–Kier alpha value is -1.26. The second-order valence-electron chi connectivity index (χ2n) is 6.63. The third-order valence-electron chi connectivity index (χ3n) is 4.92. The summed E-state index contributed by atoms with van der Waals surface area (Å²) in [6.07, 6.45) is 3.45. The van der Waals surface area contributed by atoms with Crippen molar-refractivity contribution in [2.24, 2.45) is 0 Å². The number of phenolic OH excluding ortho intramolecular Hbond substituents is 1. The molecular weight excluding hydrogens is 300 g/mol. The second kappa shape index (κ2) is 6.09. The van der Waals surface area contributed by atoms with E-state index in [1.165, 1.54) is 18.9 Å². The Bertz CT molecular complexity index is 576. The van der Waals surface area contributed by atoms with Gasteiger partial charge in [0.25, 0.3) is 5.91 Å². The molecule has 2 aliphatic heterocycles. The first kappa shape index (κ1) is 15.6. The number of carbonyl (C=O) groups excluding carboxylic acids is 1. The average molecular weight is 323 g/mol. The molecule has 2 heterocycles. The Kier molecular flexibility index (Phi) is 4.33. The smallest absolute Gasteiger partial charge is 0.253 e. The number of nitrogens with zero attached hydrogens (tertiary/aromatic N) is 2. The molecule has 22 heavy (non-hydrogen) atoms. The molecule has 2 bridgehead atoms. The molecule has 1 aromatic carbocycles. The van der Waals surface area contributed by atoms with Gasteiger partial charge in [-0.05, 0) is 51.3 Å². The molecule has 0 saturated carbocycles. The fraction of sp³-hybridized carbons (Fsp3) is 0.588. The summed E-state index contributed by atoms with van der Waals surface area (Å²) in [6, 6.07) is 6.28. The van der Waals surface area contributed by atoms with Crippen LogP contribution in [-0.4, -0.2) is 52.0 Å². The van der Waals surface area contributed by atoms with E-state index >= 15 is 0 Å². The average Bonchev–Trinajstić information content (AvgIpc) is 2.76. The molecule has 0 aliphatic carbocycles. The van der Waals surface area contributed by atoms with Crippen LogP contribution >= 0.6 is 11.6 Å². The number of halogens is 1. The van der Waals surface area contributed by atoms with Crippen molar-refractivity contribution in [2.45, 2.75) is 51.2 Å². The quantitative estimate of drug-likeness (QED) is 0.909. The van der Waals surface area contributed by atoms with Gasteiger partial charge in [-0.15, -0.1) is 0 Å². The predicted octanol–water partition coefficient (Wildman–Crippen LogP) is 3.13. The number of rotatable bonds is 2. The molecule has 0 spiro atoms. The molecule has 1 amide bonds. The van der Waals surface area contributed by atoms with Gasteiger partial charge in [-0.1, -0.05) is 11.6 Å². The topological polar surface area (TPSA) is 43.8 Å². The van der Waals surface area contributed by atoms with E-state index in [0.717, 1.165) is 19.5 Å². The standard InChI is InChI=1S/C17H23ClN2O2/c1-11(2)20-13-4-5-14(20)10-19(8-7-13)17(22)12-3-6-16(21)15(18)9-12/h3,6,9,11,13-14,21H,4-5,7-8,10H2,1-2H3. The zero-order valence-corrected chi connectivity index (χ0v) is 13.9. The number of aromatic hydroxyl groups is 1. The van der Waals surface area contributed by atoms with Gasteiger partial charge in [-0.2, -0.15) is 0 Å². The highest BCUT2D eigenvalue weighted by atomic mass is 35.5. The molecule has 0 aromatic heterocycles. The minimum Gasteiger partial charge on any atom is -0.506 e. The first-order valence-electron chi connectivity index (χ1n) is 8.02. The predicted molar refractivity (Wildman–Crippen MR) is 87.4 cm³/mol. The minimum absolute atomic E-state index is 0.0122. The monoisotopic (exact) mass is 322 g/mol. The summed E-state index contributed by atoms with van der Waals surface area (Å²) < 4.78 is 0. The van der Waals surface area contributed by atoms with Gasteiger partial charge in [0.1, 0.15) is 5.75 Å². The lowest BCUT2D eigenvalue weighted by molar-refractivity contribution is 0.0728. The maximum absolute atomic E-state index is 12.7. The van der Waals surface area contributed by atoms with Crippen molar-refractivity contribution in [3.8, 4) is 5.75 Å². The van der Waals surface area contributed by atoms with Crippen LogP contribution in [0.15, 0.2) is 18.2 Å². The van der Waals surface area contributed by atoms with Gasteiger partial charge in [0, 0.05) is 36.8 Å². The van der Waals surface area contributed by atoms with Crippen molar-refractivity contribution < 1.29 is 9.90 Å². The molecule has 2 saturated heterocycles. The van der Waals surface area contributed by atoms with Crippen LogP contribution in [0.1, 0.15) is 43.5 Å². The first-order chi connectivity index (χ1) is 10.5. The Morgan fingerprint density at radius 1 is 1.27 bits per heavy atom. The molecule has 3 rings (SSSR count). The molecule has 4 nitrogen and oxygen atoms in total. The van der Waals surface area contributed by atoms with Crippen LogP contribution in [0.5, 0.6) is 5.75 Å². The van der Waals surface area contributed by atoms with Gasteiger partial charge in [-0.3, -0.25) is 9.69 Å². The largest absolute Gasteiger partial charge is 0.506 e. The normalized spacial score (nSPS) is 25.5. The van der Waals surface area contributed by atoms with Crippen molar-refractivity contribution >= 4 is 17.5 Å². The molecule has 2 aliphatic rings. The molecule has 2 unspecified atom stereocenters. The van der Waals surface area contributed by atoms with Crippen molar-refractivity contribution in [2.75, 3.05) is 13.1 Å². The molecule has 0 radical (unpaired) electrons. The summed E-state index contributed by atoms with van der Waals surface area (Å²) in [4.78, 5) is 17.3. The molecule has 1 aromatic rings. The zero-order chi connectivity index (χ0) is 15.9. The number of hydrogen-bond acceptors (Lipinski definition) is 3. The molecule has 1 N–H and O–H groups in total. The maximum Gasteiger partial charge on any atom is 0.253 e. The Morgan fingerprint density at radius 3 is 2.68 bits per heavy atom. The summed E-state index contributed by atoms with van der Waals surface area (Å²) in [5.74, 6) is 0.0253. The number of hydrogen-bond donors (Lipinski definition) is 1. The molecule has 5 heteroatoms. The van der Waals surface area contributed by atoms with E-state index in [0.29, 0.717) is 23.7 Å². The summed E-state index contributed by atoms with van der Waals surface area (Å²) in [6.45, 7) is 6.05. The van der Waals surface area contributed by atoms with Crippen molar-refractivity contribution in [3.05, 3.63) is 28.8 Å². The van der Waals surface area contributed by atoms with Crippen LogP contribution in [0.4, 0.5) is 0 Å². The molecule has 120 valence electrons. The summed E-state index contributed by atoms with van der Waals surface area (Å²) in [5.41, 5.74) is 0.552. The lowest BCUT2D eigenvalue weighted by Crippen LogP contribution is -2.44. The van der Waals surface area contributed by atoms with Gasteiger partial charge in [0.2, 0.25) is 0 Å². The third-order valence-corrected chi connectivity index (χ3v) is 5.22. The SMILES string of the molecule is CC(C)N1C2CCC1CN(C(=O)c1ccc(O)c(Cl)c1)CC2. The van der Waals surface area contributed by atoms with E-state index in [1.807, 2.05) is 4.90 Å². The number of amides is 1. The summed E-state index contributed by atoms with van der Waals surface area (Å²) in [5, 5.41) is 9.73. The third kappa shape index (κ3) is 2.82. The van der Waals surface area contributed by atoms with E-state index in [9.17, 15) is 9.90 Å². The molecule has 2 atom stereocenters. The van der Waals surface area contributed by atoms with Crippen LogP contribution in [0.25, 0.3) is 0 Å². The van der Waals surface area contributed by atoms with E-state index in [4.69, 9.17) is 11.6 Å². The van der Waals surface area contributed by atoms with E-state index in [1.54, 1.807) is 12.1 Å². The van der Waals surface area contributed by atoms with Gasteiger partial charge in [0.05, 0.1) is 5.02 Å². The van der Waals surface area contributed by atoms with Crippen LogP contribution in [0.3, 0.4) is 0 Å². The lowest BCUT2D eigenvalue weighted by Gasteiger charge is -2.32. The zero-order valence-electron chi connectivity index (χ0n) is 13.1. The highest BCUT2D eigenvalue weighted by molar-refractivity contribution is 6.32. The Labute approximate surface area is 136 Å². The Balaban J connectivity index is 1.78. The van der Waals surface area contributed by atoms with E-state index in [2.05, 4.69) is 18.7 Å². The van der Waals surface area contributed by atoms with Crippen molar-refractivity contribution in [1.29, 1.82) is 0 Å². The summed E-state index contributed by atoms with van der Waals surface area (Å²) in [7, 11) is 0. The van der Waals surface area contributed by atoms with Crippen LogP contribution < -0.4 is 0 Å². The Morgan fingerprint density at radius 2 is 2.00 bits per heavy atom. The fourth-order valence-corrected chi connectivity index (χ4v) is 4.14. The lowest BCUT2D eigenvalue weighted by atomic mass is 10.1. The van der Waals surface area contributed by atoms with Gasteiger partial charge >= 0.3 is 0 Å². The van der Waals surface area contributed by atoms with E-state index < -0.39 is 0 Å². The molecule has 2 fully saturated rings.